The van der Waals surface area contributed by atoms with Crippen molar-refractivity contribution >= 4 is 5.91 Å². The average molecular weight is 187 g/mol. The maximum absolute atomic E-state index is 11.2. The molecule has 13 heavy (non-hydrogen) atoms. The molecule has 1 atom stereocenters. The van der Waals surface area contributed by atoms with Gasteiger partial charge < -0.3 is 10.1 Å². The minimum absolute atomic E-state index is 0.0771. The van der Waals surface area contributed by atoms with Crippen LogP contribution in [0.4, 0.5) is 0 Å². The molecule has 0 aromatic carbocycles. The molecule has 0 aliphatic carbocycles. The Labute approximate surface area is 80.8 Å². The van der Waals surface area contributed by atoms with Crippen molar-refractivity contribution in [2.45, 2.75) is 39.7 Å². The highest BCUT2D eigenvalue weighted by atomic mass is 16.5. The second kappa shape index (κ2) is 5.22. The smallest absolute Gasteiger partial charge is 0.220 e. The molecule has 1 amide bonds. The fourth-order valence-corrected chi connectivity index (χ4v) is 1.05. The topological polar surface area (TPSA) is 38.3 Å². The summed E-state index contributed by atoms with van der Waals surface area (Å²) >= 11 is 0. The van der Waals surface area contributed by atoms with E-state index in [1.165, 1.54) is 0 Å². The van der Waals surface area contributed by atoms with Gasteiger partial charge >= 0.3 is 0 Å². The molecule has 0 aromatic rings. The Morgan fingerprint density at radius 2 is 2.08 bits per heavy atom. The van der Waals surface area contributed by atoms with E-state index in [1.807, 2.05) is 13.8 Å². The quantitative estimate of drug-likeness (QED) is 0.709. The molecular formula is C10H21NO2. The lowest BCUT2D eigenvalue weighted by atomic mass is 9.89. The maximum atomic E-state index is 11.2. The Morgan fingerprint density at radius 3 is 2.38 bits per heavy atom. The molecule has 0 spiro atoms. The van der Waals surface area contributed by atoms with Gasteiger partial charge in [-0.05, 0) is 12.8 Å². The molecule has 0 radical (unpaired) electrons. The minimum atomic E-state index is -0.248. The Kier molecular flexibility index (Phi) is 4.99. The molecular weight excluding hydrogens is 166 g/mol. The zero-order valence-corrected chi connectivity index (χ0v) is 9.31. The molecule has 0 rings (SSSR count). The van der Waals surface area contributed by atoms with E-state index in [-0.39, 0.29) is 11.4 Å². The third kappa shape index (κ3) is 3.77. The summed E-state index contributed by atoms with van der Waals surface area (Å²) < 4.78 is 5.10. The van der Waals surface area contributed by atoms with Crippen LogP contribution in [-0.2, 0) is 9.53 Å². The van der Waals surface area contributed by atoms with Gasteiger partial charge in [0.25, 0.3) is 0 Å². The van der Waals surface area contributed by atoms with E-state index in [1.54, 1.807) is 7.11 Å². The first kappa shape index (κ1) is 12.4. The summed E-state index contributed by atoms with van der Waals surface area (Å²) in [4.78, 5) is 11.2. The number of carbonyl (C=O) groups excluding carboxylic acids is 1. The Hall–Kier alpha value is -0.570. The number of rotatable bonds is 5. The first-order valence-corrected chi connectivity index (χ1v) is 4.76. The van der Waals surface area contributed by atoms with Crippen molar-refractivity contribution in [2.75, 3.05) is 13.7 Å². The lowest BCUT2D eigenvalue weighted by molar-refractivity contribution is -0.123. The van der Waals surface area contributed by atoms with Crippen molar-refractivity contribution in [3.63, 3.8) is 0 Å². The van der Waals surface area contributed by atoms with Gasteiger partial charge in [-0.2, -0.15) is 0 Å². The number of amides is 1. The summed E-state index contributed by atoms with van der Waals surface area (Å²) in [7, 11) is 1.65. The highest BCUT2D eigenvalue weighted by Gasteiger charge is 2.29. The number of carbonyl (C=O) groups is 1. The maximum Gasteiger partial charge on any atom is 0.220 e. The van der Waals surface area contributed by atoms with E-state index in [0.29, 0.717) is 18.9 Å². The van der Waals surface area contributed by atoms with Crippen LogP contribution in [0.5, 0.6) is 0 Å². The van der Waals surface area contributed by atoms with Crippen molar-refractivity contribution < 1.29 is 9.53 Å². The SMILES string of the molecule is CCC(=O)NC(C)(COC)C(C)C. The minimum Gasteiger partial charge on any atom is -0.382 e. The number of methoxy groups -OCH3 is 1. The van der Waals surface area contributed by atoms with Gasteiger partial charge in [0.2, 0.25) is 5.91 Å². The number of hydrogen-bond donors (Lipinski definition) is 1. The lowest BCUT2D eigenvalue weighted by Gasteiger charge is -2.34. The number of hydrogen-bond acceptors (Lipinski definition) is 2. The van der Waals surface area contributed by atoms with Gasteiger partial charge in [-0.25, -0.2) is 0 Å². The number of nitrogens with one attached hydrogen (secondary N) is 1. The van der Waals surface area contributed by atoms with E-state index < -0.39 is 0 Å². The summed E-state index contributed by atoms with van der Waals surface area (Å²) in [6, 6.07) is 0. The molecule has 0 aliphatic heterocycles. The number of ether oxygens (including phenoxy) is 1. The molecule has 1 unspecified atom stereocenters. The standard InChI is InChI=1S/C10H21NO2/c1-6-9(12)11-10(4,7-13-5)8(2)3/h8H,6-7H2,1-5H3,(H,11,12). The monoisotopic (exact) mass is 187 g/mol. The highest BCUT2D eigenvalue weighted by Crippen LogP contribution is 2.16. The van der Waals surface area contributed by atoms with E-state index in [0.717, 1.165) is 0 Å². The molecule has 0 saturated heterocycles. The van der Waals surface area contributed by atoms with Crippen LogP contribution >= 0.6 is 0 Å². The molecule has 0 aliphatic rings. The molecule has 0 aromatic heterocycles. The molecule has 0 bridgehead atoms. The lowest BCUT2D eigenvalue weighted by Crippen LogP contribution is -2.53. The van der Waals surface area contributed by atoms with Crippen LogP contribution in [0.2, 0.25) is 0 Å². The van der Waals surface area contributed by atoms with E-state index in [9.17, 15) is 4.79 Å². The van der Waals surface area contributed by atoms with Gasteiger partial charge in [0.05, 0.1) is 12.1 Å². The second-order valence-electron chi connectivity index (χ2n) is 3.91. The van der Waals surface area contributed by atoms with Crippen molar-refractivity contribution in [3.8, 4) is 0 Å². The van der Waals surface area contributed by atoms with Gasteiger partial charge in [-0.1, -0.05) is 20.8 Å². The summed E-state index contributed by atoms with van der Waals surface area (Å²) in [5.41, 5.74) is -0.248. The van der Waals surface area contributed by atoms with Crippen molar-refractivity contribution in [1.29, 1.82) is 0 Å². The zero-order chi connectivity index (χ0) is 10.5. The zero-order valence-electron chi connectivity index (χ0n) is 9.31. The Morgan fingerprint density at radius 1 is 1.54 bits per heavy atom. The van der Waals surface area contributed by atoms with Gasteiger partial charge in [0.15, 0.2) is 0 Å². The van der Waals surface area contributed by atoms with Crippen molar-refractivity contribution in [1.82, 2.24) is 5.32 Å². The molecule has 0 heterocycles. The summed E-state index contributed by atoms with van der Waals surface area (Å²) in [6.45, 7) is 8.57. The summed E-state index contributed by atoms with van der Waals surface area (Å²) in [6.07, 6.45) is 0.520. The van der Waals surface area contributed by atoms with Gasteiger partial charge in [0.1, 0.15) is 0 Å². The van der Waals surface area contributed by atoms with Crippen LogP contribution < -0.4 is 5.32 Å². The fraction of sp³-hybridized carbons (Fsp3) is 0.900. The van der Waals surface area contributed by atoms with E-state index >= 15 is 0 Å². The van der Waals surface area contributed by atoms with Crippen LogP contribution in [0.25, 0.3) is 0 Å². The third-order valence-corrected chi connectivity index (χ3v) is 2.46. The molecule has 3 heteroatoms. The average Bonchev–Trinajstić information content (AvgIpc) is 2.04. The highest BCUT2D eigenvalue weighted by molar-refractivity contribution is 5.76. The first-order valence-electron chi connectivity index (χ1n) is 4.76. The predicted molar refractivity (Wildman–Crippen MR) is 53.6 cm³/mol. The largest absolute Gasteiger partial charge is 0.382 e. The second-order valence-corrected chi connectivity index (χ2v) is 3.91. The molecule has 3 nitrogen and oxygen atoms in total. The predicted octanol–water partition coefficient (Wildman–Crippen LogP) is 1.57. The van der Waals surface area contributed by atoms with Crippen LogP contribution in [0.1, 0.15) is 34.1 Å². The first-order chi connectivity index (χ1) is 5.96. The molecule has 0 fully saturated rings. The van der Waals surface area contributed by atoms with Crippen LogP contribution in [0, 0.1) is 5.92 Å². The van der Waals surface area contributed by atoms with Gasteiger partial charge in [-0.3, -0.25) is 4.79 Å². The van der Waals surface area contributed by atoms with Gasteiger partial charge in [0, 0.05) is 13.5 Å². The third-order valence-electron chi connectivity index (χ3n) is 2.46. The van der Waals surface area contributed by atoms with Crippen molar-refractivity contribution in [3.05, 3.63) is 0 Å². The van der Waals surface area contributed by atoms with E-state index in [2.05, 4.69) is 19.2 Å². The molecule has 0 saturated carbocycles. The van der Waals surface area contributed by atoms with E-state index in [4.69, 9.17) is 4.74 Å². The summed E-state index contributed by atoms with van der Waals surface area (Å²) in [5, 5.41) is 2.98. The molecule has 78 valence electrons. The normalized spacial score (nSPS) is 15.5. The Bertz CT molecular complexity index is 168. The van der Waals surface area contributed by atoms with Crippen LogP contribution in [-0.4, -0.2) is 25.2 Å². The Balaban J connectivity index is 4.31. The van der Waals surface area contributed by atoms with Crippen LogP contribution in [0.3, 0.4) is 0 Å². The van der Waals surface area contributed by atoms with Crippen LogP contribution in [0.15, 0.2) is 0 Å². The van der Waals surface area contributed by atoms with Gasteiger partial charge in [-0.15, -0.1) is 0 Å². The fourth-order valence-electron chi connectivity index (χ4n) is 1.05. The summed E-state index contributed by atoms with van der Waals surface area (Å²) in [5.74, 6) is 0.441. The van der Waals surface area contributed by atoms with Crippen molar-refractivity contribution in [2.24, 2.45) is 5.92 Å². The molecule has 1 N–H and O–H groups in total.